The first-order chi connectivity index (χ1) is 8.24. The molecule has 1 aliphatic rings. The molecule has 3 rings (SSSR count). The Balaban J connectivity index is 1.82. The summed E-state index contributed by atoms with van der Waals surface area (Å²) < 4.78 is 1.78. The van der Waals surface area contributed by atoms with Crippen LogP contribution in [0.25, 0.3) is 0 Å². The van der Waals surface area contributed by atoms with Crippen molar-refractivity contribution in [1.82, 2.24) is 9.78 Å². The largest absolute Gasteiger partial charge is 0.294 e. The Morgan fingerprint density at radius 1 is 1.41 bits per heavy atom. The number of rotatable bonds is 2. The maximum absolute atomic E-state index is 12.2. The quantitative estimate of drug-likeness (QED) is 0.785. The Bertz CT molecular complexity index is 571. The molecule has 1 aromatic carbocycles. The average Bonchev–Trinajstić information content (AvgIpc) is 2.86. The van der Waals surface area contributed by atoms with E-state index < -0.39 is 0 Å². The maximum Gasteiger partial charge on any atom is 0.166 e. The molecular weight excluding hydrogens is 212 g/mol. The summed E-state index contributed by atoms with van der Waals surface area (Å²) in [7, 11) is 1.90. The zero-order valence-electron chi connectivity index (χ0n) is 9.76. The molecule has 0 bridgehead atoms. The Hall–Kier alpha value is -1.90. The van der Waals surface area contributed by atoms with E-state index in [2.05, 4.69) is 11.2 Å². The third-order valence-electron chi connectivity index (χ3n) is 3.36. The van der Waals surface area contributed by atoms with Crippen LogP contribution in [0.4, 0.5) is 0 Å². The number of carbonyl (C=O) groups excluding carboxylic acids is 1. The van der Waals surface area contributed by atoms with E-state index in [9.17, 15) is 4.79 Å². The van der Waals surface area contributed by atoms with Crippen molar-refractivity contribution in [3.8, 4) is 0 Å². The summed E-state index contributed by atoms with van der Waals surface area (Å²) in [5.41, 5.74) is 3.23. The smallest absolute Gasteiger partial charge is 0.166 e. The SMILES string of the molecule is Cn1cc(CC2Cc3ccccc3C2=O)cn1. The highest BCUT2D eigenvalue weighted by Crippen LogP contribution is 2.28. The molecule has 3 nitrogen and oxygen atoms in total. The molecule has 0 amide bonds. The predicted molar refractivity (Wildman–Crippen MR) is 64.9 cm³/mol. The van der Waals surface area contributed by atoms with Crippen molar-refractivity contribution in [2.45, 2.75) is 12.8 Å². The van der Waals surface area contributed by atoms with Gasteiger partial charge in [-0.15, -0.1) is 0 Å². The fourth-order valence-electron chi connectivity index (χ4n) is 2.54. The van der Waals surface area contributed by atoms with Gasteiger partial charge in [-0.2, -0.15) is 5.10 Å². The van der Waals surface area contributed by atoms with Gasteiger partial charge in [-0.1, -0.05) is 24.3 Å². The van der Waals surface area contributed by atoms with Crippen molar-refractivity contribution < 1.29 is 4.79 Å². The Morgan fingerprint density at radius 2 is 2.24 bits per heavy atom. The summed E-state index contributed by atoms with van der Waals surface area (Å²) in [6.45, 7) is 0. The number of benzene rings is 1. The van der Waals surface area contributed by atoms with Crippen molar-refractivity contribution in [3.63, 3.8) is 0 Å². The second-order valence-corrected chi connectivity index (χ2v) is 4.65. The number of carbonyl (C=O) groups is 1. The van der Waals surface area contributed by atoms with E-state index >= 15 is 0 Å². The molecule has 3 heteroatoms. The lowest BCUT2D eigenvalue weighted by molar-refractivity contribution is 0.0936. The maximum atomic E-state index is 12.2. The van der Waals surface area contributed by atoms with E-state index in [1.807, 2.05) is 37.6 Å². The molecule has 1 atom stereocenters. The fraction of sp³-hybridized carbons (Fsp3) is 0.286. The lowest BCUT2D eigenvalue weighted by atomic mass is 9.98. The van der Waals surface area contributed by atoms with Gasteiger partial charge in [-0.25, -0.2) is 0 Å². The highest BCUT2D eigenvalue weighted by atomic mass is 16.1. The molecule has 0 N–H and O–H groups in total. The van der Waals surface area contributed by atoms with Crippen LogP contribution in [0.2, 0.25) is 0 Å². The van der Waals surface area contributed by atoms with Gasteiger partial charge in [0.2, 0.25) is 0 Å². The predicted octanol–water partition coefficient (Wildman–Crippen LogP) is 2.02. The fourth-order valence-corrected chi connectivity index (χ4v) is 2.54. The lowest BCUT2D eigenvalue weighted by Crippen LogP contribution is -2.11. The van der Waals surface area contributed by atoms with Crippen molar-refractivity contribution >= 4 is 5.78 Å². The summed E-state index contributed by atoms with van der Waals surface area (Å²) in [6.07, 6.45) is 5.48. The third-order valence-corrected chi connectivity index (χ3v) is 3.36. The van der Waals surface area contributed by atoms with E-state index in [0.29, 0.717) is 0 Å². The van der Waals surface area contributed by atoms with Crippen LogP contribution in [-0.4, -0.2) is 15.6 Å². The zero-order valence-corrected chi connectivity index (χ0v) is 9.76. The molecule has 1 aliphatic carbocycles. The summed E-state index contributed by atoms with van der Waals surface area (Å²) in [5, 5.41) is 4.14. The number of fused-ring (bicyclic) bond motifs is 1. The molecule has 1 heterocycles. The highest BCUT2D eigenvalue weighted by molar-refractivity contribution is 6.02. The van der Waals surface area contributed by atoms with Crippen LogP contribution in [0.15, 0.2) is 36.7 Å². The average molecular weight is 226 g/mol. The summed E-state index contributed by atoms with van der Waals surface area (Å²) in [5.74, 6) is 0.376. The van der Waals surface area contributed by atoms with E-state index in [1.165, 1.54) is 5.56 Å². The minimum Gasteiger partial charge on any atom is -0.294 e. The molecule has 1 aromatic heterocycles. The Kier molecular flexibility index (Phi) is 2.32. The minimum absolute atomic E-state index is 0.0941. The molecule has 1 unspecified atom stereocenters. The zero-order chi connectivity index (χ0) is 11.8. The van der Waals surface area contributed by atoms with Crippen LogP contribution in [0.1, 0.15) is 21.5 Å². The molecule has 0 saturated carbocycles. The lowest BCUT2D eigenvalue weighted by Gasteiger charge is -2.04. The van der Waals surface area contributed by atoms with Crippen LogP contribution >= 0.6 is 0 Å². The van der Waals surface area contributed by atoms with Crippen molar-refractivity contribution in [2.24, 2.45) is 13.0 Å². The van der Waals surface area contributed by atoms with Crippen LogP contribution in [0.5, 0.6) is 0 Å². The van der Waals surface area contributed by atoms with Crippen LogP contribution in [0, 0.1) is 5.92 Å². The van der Waals surface area contributed by atoms with Gasteiger partial charge in [0.25, 0.3) is 0 Å². The first-order valence-electron chi connectivity index (χ1n) is 5.83. The van der Waals surface area contributed by atoms with Gasteiger partial charge >= 0.3 is 0 Å². The van der Waals surface area contributed by atoms with Crippen LogP contribution in [-0.2, 0) is 19.9 Å². The summed E-state index contributed by atoms with van der Waals surface area (Å²) in [4.78, 5) is 12.2. The van der Waals surface area contributed by atoms with Gasteiger partial charge in [0.05, 0.1) is 6.20 Å². The number of ketones is 1. The topological polar surface area (TPSA) is 34.9 Å². The number of Topliss-reactive ketones (excluding diaryl/α,β-unsaturated/α-hetero) is 1. The Morgan fingerprint density at radius 3 is 2.94 bits per heavy atom. The molecule has 0 radical (unpaired) electrons. The molecule has 0 spiro atoms. The molecular formula is C14H14N2O. The van der Waals surface area contributed by atoms with Crippen molar-refractivity contribution in [3.05, 3.63) is 53.3 Å². The van der Waals surface area contributed by atoms with Crippen molar-refractivity contribution in [2.75, 3.05) is 0 Å². The van der Waals surface area contributed by atoms with E-state index in [0.717, 1.165) is 24.0 Å². The number of aromatic nitrogens is 2. The van der Waals surface area contributed by atoms with Crippen LogP contribution < -0.4 is 0 Å². The second-order valence-electron chi connectivity index (χ2n) is 4.65. The summed E-state index contributed by atoms with van der Waals surface area (Å²) in [6, 6.07) is 7.92. The Labute approximate surface area is 100 Å². The van der Waals surface area contributed by atoms with E-state index in [4.69, 9.17) is 0 Å². The first-order valence-corrected chi connectivity index (χ1v) is 5.83. The highest BCUT2D eigenvalue weighted by Gasteiger charge is 2.30. The first kappa shape index (κ1) is 10.3. The molecule has 0 fully saturated rings. The number of nitrogens with zero attached hydrogens (tertiary/aromatic N) is 2. The monoisotopic (exact) mass is 226 g/mol. The van der Waals surface area contributed by atoms with E-state index in [-0.39, 0.29) is 11.7 Å². The minimum atomic E-state index is 0.0941. The van der Waals surface area contributed by atoms with Gasteiger partial charge in [0.15, 0.2) is 5.78 Å². The van der Waals surface area contributed by atoms with Gasteiger partial charge in [0.1, 0.15) is 0 Å². The van der Waals surface area contributed by atoms with Crippen LogP contribution in [0.3, 0.4) is 0 Å². The van der Waals surface area contributed by atoms with Gasteiger partial charge in [-0.05, 0) is 24.0 Å². The number of hydrogen-bond acceptors (Lipinski definition) is 2. The molecule has 17 heavy (non-hydrogen) atoms. The normalized spacial score (nSPS) is 18.4. The number of hydrogen-bond donors (Lipinski definition) is 0. The number of aryl methyl sites for hydroxylation is 1. The van der Waals surface area contributed by atoms with E-state index in [1.54, 1.807) is 4.68 Å². The second kappa shape index (κ2) is 3.84. The molecule has 86 valence electrons. The van der Waals surface area contributed by atoms with Gasteiger partial charge in [0, 0.05) is 24.7 Å². The van der Waals surface area contributed by atoms with Gasteiger partial charge < -0.3 is 0 Å². The standard InChI is InChI=1S/C14H14N2O/c1-16-9-10(8-15-16)6-12-7-11-4-2-3-5-13(11)14(12)17/h2-5,8-9,12H,6-7H2,1H3. The van der Waals surface area contributed by atoms with Crippen molar-refractivity contribution in [1.29, 1.82) is 0 Å². The van der Waals surface area contributed by atoms with Gasteiger partial charge in [-0.3, -0.25) is 9.48 Å². The third kappa shape index (κ3) is 1.78. The molecule has 0 aliphatic heterocycles. The summed E-state index contributed by atoms with van der Waals surface area (Å²) >= 11 is 0. The molecule has 0 saturated heterocycles. The molecule has 2 aromatic rings.